The Labute approximate surface area is 148 Å². The lowest BCUT2D eigenvalue weighted by Crippen LogP contribution is -2.36. The predicted molar refractivity (Wildman–Crippen MR) is 92.6 cm³/mol. The van der Waals surface area contributed by atoms with Gasteiger partial charge in [-0.15, -0.1) is 0 Å². The van der Waals surface area contributed by atoms with Crippen molar-refractivity contribution in [2.24, 2.45) is 0 Å². The van der Waals surface area contributed by atoms with Gasteiger partial charge in [-0.25, -0.2) is 13.1 Å². The van der Waals surface area contributed by atoms with Gasteiger partial charge in [-0.05, 0) is 42.0 Å². The number of benzene rings is 2. The summed E-state index contributed by atoms with van der Waals surface area (Å²) < 4.78 is 27.1. The van der Waals surface area contributed by atoms with E-state index in [0.29, 0.717) is 11.6 Å². The molecule has 5 nitrogen and oxygen atoms in total. The molecule has 0 unspecified atom stereocenters. The molecule has 0 bridgehead atoms. The van der Waals surface area contributed by atoms with Crippen LogP contribution in [0.25, 0.3) is 0 Å². The fourth-order valence-electron chi connectivity index (χ4n) is 1.72. The minimum atomic E-state index is -3.71. The SMILES string of the molecule is O=C(CNS(=O)(=O)c1ccc(Br)cc1)NCc1ccc(Cl)cc1. The molecule has 0 atom stereocenters. The van der Waals surface area contributed by atoms with E-state index in [-0.39, 0.29) is 11.4 Å². The van der Waals surface area contributed by atoms with Gasteiger partial charge in [0.15, 0.2) is 0 Å². The van der Waals surface area contributed by atoms with Gasteiger partial charge in [0.25, 0.3) is 0 Å². The summed E-state index contributed by atoms with van der Waals surface area (Å²) in [6, 6.07) is 13.2. The molecule has 8 heteroatoms. The van der Waals surface area contributed by atoms with E-state index in [1.165, 1.54) is 12.1 Å². The van der Waals surface area contributed by atoms with Gasteiger partial charge in [-0.1, -0.05) is 39.7 Å². The third-order valence-corrected chi connectivity index (χ3v) is 5.15. The number of hydrogen-bond acceptors (Lipinski definition) is 3. The van der Waals surface area contributed by atoms with Gasteiger partial charge in [-0.2, -0.15) is 0 Å². The number of sulfonamides is 1. The Balaban J connectivity index is 1.86. The van der Waals surface area contributed by atoms with E-state index >= 15 is 0 Å². The molecule has 122 valence electrons. The first-order valence-electron chi connectivity index (χ1n) is 6.63. The number of halogens is 2. The van der Waals surface area contributed by atoms with Crippen LogP contribution in [-0.2, 0) is 21.4 Å². The van der Waals surface area contributed by atoms with Crippen molar-refractivity contribution in [3.8, 4) is 0 Å². The highest BCUT2D eigenvalue weighted by Crippen LogP contribution is 2.14. The Morgan fingerprint density at radius 3 is 2.26 bits per heavy atom. The zero-order valence-electron chi connectivity index (χ0n) is 11.9. The van der Waals surface area contributed by atoms with E-state index in [1.54, 1.807) is 36.4 Å². The van der Waals surface area contributed by atoms with Crippen molar-refractivity contribution in [1.82, 2.24) is 10.0 Å². The van der Waals surface area contributed by atoms with Crippen LogP contribution in [0.5, 0.6) is 0 Å². The number of carbonyl (C=O) groups excluding carboxylic acids is 1. The molecule has 2 rings (SSSR count). The third kappa shape index (κ3) is 5.62. The van der Waals surface area contributed by atoms with Gasteiger partial charge in [-0.3, -0.25) is 4.79 Å². The van der Waals surface area contributed by atoms with Crippen molar-refractivity contribution in [3.63, 3.8) is 0 Å². The molecule has 0 spiro atoms. The van der Waals surface area contributed by atoms with Crippen molar-refractivity contribution in [1.29, 1.82) is 0 Å². The second kappa shape index (κ2) is 7.92. The molecule has 0 saturated heterocycles. The first-order chi connectivity index (χ1) is 10.9. The molecule has 1 amide bonds. The average Bonchev–Trinajstić information content (AvgIpc) is 2.53. The molecule has 2 N–H and O–H groups in total. The summed E-state index contributed by atoms with van der Waals surface area (Å²) in [5.74, 6) is -0.416. The molecule has 2 aromatic rings. The maximum absolute atomic E-state index is 12.0. The fraction of sp³-hybridized carbons (Fsp3) is 0.133. The van der Waals surface area contributed by atoms with Crippen LogP contribution in [0.15, 0.2) is 57.9 Å². The summed E-state index contributed by atoms with van der Waals surface area (Å²) in [6.07, 6.45) is 0. The van der Waals surface area contributed by atoms with E-state index in [4.69, 9.17) is 11.6 Å². The van der Waals surface area contributed by atoms with Crippen molar-refractivity contribution in [2.75, 3.05) is 6.54 Å². The van der Waals surface area contributed by atoms with Crippen LogP contribution in [-0.4, -0.2) is 20.9 Å². The second-order valence-corrected chi connectivity index (χ2v) is 7.80. The molecule has 23 heavy (non-hydrogen) atoms. The van der Waals surface area contributed by atoms with E-state index in [9.17, 15) is 13.2 Å². The molecular formula is C15H14BrClN2O3S. The molecule has 0 fully saturated rings. The highest BCUT2D eigenvalue weighted by atomic mass is 79.9. The quantitative estimate of drug-likeness (QED) is 0.759. The van der Waals surface area contributed by atoms with Gasteiger partial charge < -0.3 is 5.32 Å². The first kappa shape index (κ1) is 17.9. The van der Waals surface area contributed by atoms with Crippen LogP contribution in [0.2, 0.25) is 5.02 Å². The van der Waals surface area contributed by atoms with Crippen molar-refractivity contribution < 1.29 is 13.2 Å². The molecule has 0 heterocycles. The smallest absolute Gasteiger partial charge is 0.241 e. The standard InChI is InChI=1S/C15H14BrClN2O3S/c16-12-3-7-14(8-4-12)23(21,22)19-10-15(20)18-9-11-1-5-13(17)6-2-11/h1-8,19H,9-10H2,(H,18,20). The minimum Gasteiger partial charge on any atom is -0.351 e. The van der Waals surface area contributed by atoms with E-state index in [0.717, 1.165) is 10.0 Å². The fourth-order valence-corrected chi connectivity index (χ4v) is 3.10. The molecule has 2 aromatic carbocycles. The van der Waals surface area contributed by atoms with E-state index in [1.807, 2.05) is 0 Å². The zero-order chi connectivity index (χ0) is 16.9. The Bertz CT molecular complexity index is 777. The summed E-state index contributed by atoms with van der Waals surface area (Å²) in [5.41, 5.74) is 0.874. The first-order valence-corrected chi connectivity index (χ1v) is 9.28. The minimum absolute atomic E-state index is 0.103. The number of rotatable bonds is 6. The summed E-state index contributed by atoms with van der Waals surface area (Å²) in [6.45, 7) is -0.0258. The maximum Gasteiger partial charge on any atom is 0.241 e. The Kier molecular flexibility index (Phi) is 6.17. The number of carbonyl (C=O) groups is 1. The summed E-state index contributed by atoms with van der Waals surface area (Å²) in [4.78, 5) is 11.8. The third-order valence-electron chi connectivity index (χ3n) is 2.95. The molecule has 0 aliphatic rings. The van der Waals surface area contributed by atoms with Gasteiger partial charge in [0.2, 0.25) is 15.9 Å². The van der Waals surface area contributed by atoms with E-state index < -0.39 is 15.9 Å². The maximum atomic E-state index is 12.0. The second-order valence-electron chi connectivity index (χ2n) is 4.68. The highest BCUT2D eigenvalue weighted by molar-refractivity contribution is 9.10. The lowest BCUT2D eigenvalue weighted by Gasteiger charge is -2.08. The lowest BCUT2D eigenvalue weighted by atomic mass is 10.2. The summed E-state index contributed by atoms with van der Waals surface area (Å²) >= 11 is 9.01. The molecular weight excluding hydrogens is 404 g/mol. The van der Waals surface area contributed by atoms with Crippen LogP contribution in [0.3, 0.4) is 0 Å². The molecule has 0 aromatic heterocycles. The zero-order valence-corrected chi connectivity index (χ0v) is 15.1. The van der Waals surface area contributed by atoms with Crippen molar-refractivity contribution in [2.45, 2.75) is 11.4 Å². The average molecular weight is 418 g/mol. The van der Waals surface area contributed by atoms with E-state index in [2.05, 4.69) is 26.0 Å². The topological polar surface area (TPSA) is 75.3 Å². The number of hydrogen-bond donors (Lipinski definition) is 2. The van der Waals surface area contributed by atoms with Gasteiger partial charge in [0, 0.05) is 16.0 Å². The molecule has 0 aliphatic heterocycles. The Morgan fingerprint density at radius 1 is 1.04 bits per heavy atom. The number of amides is 1. The van der Waals surface area contributed by atoms with Crippen LogP contribution in [0.4, 0.5) is 0 Å². The van der Waals surface area contributed by atoms with Crippen LogP contribution in [0, 0.1) is 0 Å². The predicted octanol–water partition coefficient (Wildman–Crippen LogP) is 2.70. The van der Waals surface area contributed by atoms with Gasteiger partial charge in [0.05, 0.1) is 11.4 Å². The van der Waals surface area contributed by atoms with Crippen LogP contribution < -0.4 is 10.0 Å². The molecule has 0 saturated carbocycles. The van der Waals surface area contributed by atoms with Crippen molar-refractivity contribution >= 4 is 43.5 Å². The van der Waals surface area contributed by atoms with Crippen molar-refractivity contribution in [3.05, 3.63) is 63.6 Å². The Morgan fingerprint density at radius 2 is 1.65 bits per heavy atom. The van der Waals surface area contributed by atoms with Gasteiger partial charge >= 0.3 is 0 Å². The van der Waals surface area contributed by atoms with Crippen LogP contribution >= 0.6 is 27.5 Å². The van der Waals surface area contributed by atoms with Crippen LogP contribution in [0.1, 0.15) is 5.56 Å². The van der Waals surface area contributed by atoms with Gasteiger partial charge in [0.1, 0.15) is 0 Å². The number of nitrogens with one attached hydrogen (secondary N) is 2. The normalized spacial score (nSPS) is 11.2. The lowest BCUT2D eigenvalue weighted by molar-refractivity contribution is -0.120. The summed E-state index contributed by atoms with van der Waals surface area (Å²) in [7, 11) is -3.71. The largest absolute Gasteiger partial charge is 0.351 e. The monoisotopic (exact) mass is 416 g/mol. The molecule has 0 aliphatic carbocycles. The highest BCUT2D eigenvalue weighted by Gasteiger charge is 2.15. The Hall–Kier alpha value is -1.41. The summed E-state index contributed by atoms with van der Waals surface area (Å²) in [5, 5.41) is 3.25. The molecule has 0 radical (unpaired) electrons.